The first-order valence-corrected chi connectivity index (χ1v) is 5.88. The Morgan fingerprint density at radius 1 is 0.833 bits per heavy atom. The molecule has 70 valence electrons. The van der Waals surface area contributed by atoms with E-state index in [-0.39, 0.29) is 9.49 Å². The number of hydrogen-bond acceptors (Lipinski definition) is 4. The maximum Gasteiger partial charge on any atom is 0.0551 e. The minimum Gasteiger partial charge on any atom is -0.312 e. The SMILES string of the molecule is CC(C)(C=N)SSC(C)(C)C=N. The molecule has 0 aromatic carbocycles. The van der Waals surface area contributed by atoms with E-state index in [4.69, 9.17) is 10.8 Å². The topological polar surface area (TPSA) is 47.7 Å². The molecular formula is C8H16N2S2. The van der Waals surface area contributed by atoms with Crippen LogP contribution in [0.3, 0.4) is 0 Å². The maximum absolute atomic E-state index is 7.15. The van der Waals surface area contributed by atoms with Crippen molar-refractivity contribution in [3.05, 3.63) is 0 Å². The Bertz CT molecular complexity index is 156. The second-order valence-corrected chi connectivity index (χ2v) is 7.10. The fourth-order valence-electron chi connectivity index (χ4n) is 0.263. The van der Waals surface area contributed by atoms with E-state index in [1.165, 1.54) is 12.4 Å². The molecule has 0 fully saturated rings. The molecule has 0 bridgehead atoms. The third-order valence-electron chi connectivity index (χ3n) is 1.17. The van der Waals surface area contributed by atoms with Crippen molar-refractivity contribution in [2.45, 2.75) is 37.2 Å². The quantitative estimate of drug-likeness (QED) is 0.533. The van der Waals surface area contributed by atoms with Crippen LogP contribution in [0.25, 0.3) is 0 Å². The molecule has 0 radical (unpaired) electrons. The molecule has 0 saturated carbocycles. The van der Waals surface area contributed by atoms with Gasteiger partial charge >= 0.3 is 0 Å². The van der Waals surface area contributed by atoms with Gasteiger partial charge < -0.3 is 10.8 Å². The van der Waals surface area contributed by atoms with Gasteiger partial charge in [-0.15, -0.1) is 0 Å². The first kappa shape index (κ1) is 12.0. The van der Waals surface area contributed by atoms with Crippen LogP contribution in [0.5, 0.6) is 0 Å². The van der Waals surface area contributed by atoms with Crippen LogP contribution in [0.1, 0.15) is 27.7 Å². The largest absolute Gasteiger partial charge is 0.312 e. The van der Waals surface area contributed by atoms with E-state index in [0.29, 0.717) is 0 Å². The van der Waals surface area contributed by atoms with Gasteiger partial charge in [0, 0.05) is 12.4 Å². The van der Waals surface area contributed by atoms with Crippen molar-refractivity contribution in [1.29, 1.82) is 10.8 Å². The summed E-state index contributed by atoms with van der Waals surface area (Å²) in [6.45, 7) is 7.99. The van der Waals surface area contributed by atoms with E-state index in [0.717, 1.165) is 0 Å². The first-order chi connectivity index (χ1) is 5.33. The Hall–Kier alpha value is 0.0400. The third-order valence-corrected chi connectivity index (χ3v) is 5.17. The highest BCUT2D eigenvalue weighted by Crippen LogP contribution is 2.41. The zero-order valence-corrected chi connectivity index (χ0v) is 9.60. The highest BCUT2D eigenvalue weighted by Gasteiger charge is 2.22. The van der Waals surface area contributed by atoms with Gasteiger partial charge in [-0.1, -0.05) is 21.6 Å². The number of hydrogen-bond donors (Lipinski definition) is 2. The Kier molecular flexibility index (Phi) is 4.34. The Labute approximate surface area is 82.3 Å². The lowest BCUT2D eigenvalue weighted by atomic mass is 10.2. The molecule has 2 N–H and O–H groups in total. The summed E-state index contributed by atoms with van der Waals surface area (Å²) in [5.41, 5.74) is 0. The molecule has 0 atom stereocenters. The van der Waals surface area contributed by atoms with Crippen molar-refractivity contribution < 1.29 is 0 Å². The monoisotopic (exact) mass is 204 g/mol. The van der Waals surface area contributed by atoms with Gasteiger partial charge in [-0.05, 0) is 27.7 Å². The number of nitrogens with one attached hydrogen (secondary N) is 2. The molecule has 0 aromatic rings. The van der Waals surface area contributed by atoms with Crippen molar-refractivity contribution in [3.8, 4) is 0 Å². The van der Waals surface area contributed by atoms with E-state index < -0.39 is 0 Å². The second kappa shape index (κ2) is 4.33. The van der Waals surface area contributed by atoms with Gasteiger partial charge in [0.15, 0.2) is 0 Å². The average Bonchev–Trinajstić information content (AvgIpc) is 2.02. The van der Waals surface area contributed by atoms with Crippen LogP contribution in [0, 0.1) is 10.8 Å². The second-order valence-electron chi connectivity index (χ2n) is 3.66. The van der Waals surface area contributed by atoms with Gasteiger partial charge in [-0.2, -0.15) is 0 Å². The summed E-state index contributed by atoms with van der Waals surface area (Å²) in [7, 11) is 3.27. The van der Waals surface area contributed by atoms with Crippen LogP contribution >= 0.6 is 21.6 Å². The predicted molar refractivity (Wildman–Crippen MR) is 60.9 cm³/mol. The minimum absolute atomic E-state index is 0.134. The summed E-state index contributed by atoms with van der Waals surface area (Å²) >= 11 is 0. The van der Waals surface area contributed by atoms with Gasteiger partial charge in [-0.3, -0.25) is 0 Å². The van der Waals surface area contributed by atoms with Crippen LogP contribution in [-0.2, 0) is 0 Å². The van der Waals surface area contributed by atoms with Gasteiger partial charge in [0.2, 0.25) is 0 Å². The highest BCUT2D eigenvalue weighted by atomic mass is 33.1. The van der Waals surface area contributed by atoms with Crippen molar-refractivity contribution in [2.75, 3.05) is 0 Å². The smallest absolute Gasteiger partial charge is 0.0551 e. The van der Waals surface area contributed by atoms with Crippen LogP contribution in [-0.4, -0.2) is 21.9 Å². The predicted octanol–water partition coefficient (Wildman–Crippen LogP) is 3.22. The van der Waals surface area contributed by atoms with Crippen LogP contribution in [0.2, 0.25) is 0 Å². The molecular weight excluding hydrogens is 188 g/mol. The van der Waals surface area contributed by atoms with E-state index >= 15 is 0 Å². The maximum atomic E-state index is 7.15. The van der Waals surface area contributed by atoms with Crippen molar-refractivity contribution in [2.24, 2.45) is 0 Å². The lowest BCUT2D eigenvalue weighted by Crippen LogP contribution is -2.19. The Balaban J connectivity index is 3.98. The summed E-state index contributed by atoms with van der Waals surface area (Å²) < 4.78 is -0.268. The summed E-state index contributed by atoms with van der Waals surface area (Å²) in [5.74, 6) is 0. The van der Waals surface area contributed by atoms with Crippen molar-refractivity contribution >= 4 is 34.0 Å². The molecule has 12 heavy (non-hydrogen) atoms. The molecule has 0 amide bonds. The normalized spacial score (nSPS) is 12.7. The molecule has 0 aliphatic rings. The van der Waals surface area contributed by atoms with E-state index in [1.807, 2.05) is 27.7 Å². The average molecular weight is 204 g/mol. The molecule has 0 rings (SSSR count). The van der Waals surface area contributed by atoms with Crippen molar-refractivity contribution in [3.63, 3.8) is 0 Å². The minimum atomic E-state index is -0.134. The van der Waals surface area contributed by atoms with Gasteiger partial charge in [0.25, 0.3) is 0 Å². The van der Waals surface area contributed by atoms with Gasteiger partial charge in [0.05, 0.1) is 9.49 Å². The molecule has 0 unspecified atom stereocenters. The lowest BCUT2D eigenvalue weighted by molar-refractivity contribution is 0.963. The first-order valence-electron chi connectivity index (χ1n) is 3.73. The van der Waals surface area contributed by atoms with Crippen molar-refractivity contribution in [1.82, 2.24) is 0 Å². The highest BCUT2D eigenvalue weighted by molar-refractivity contribution is 8.78. The van der Waals surface area contributed by atoms with Gasteiger partial charge in [-0.25, -0.2) is 0 Å². The molecule has 0 saturated heterocycles. The Morgan fingerprint density at radius 3 is 1.25 bits per heavy atom. The zero-order valence-electron chi connectivity index (χ0n) is 7.97. The summed E-state index contributed by atoms with van der Waals surface area (Å²) in [6, 6.07) is 0. The molecule has 0 aliphatic carbocycles. The van der Waals surface area contributed by atoms with E-state index in [2.05, 4.69) is 0 Å². The zero-order chi connectivity index (χ0) is 9.83. The molecule has 0 aliphatic heterocycles. The molecule has 2 nitrogen and oxygen atoms in total. The summed E-state index contributed by atoms with van der Waals surface area (Å²) in [6.07, 6.45) is 2.87. The third kappa shape index (κ3) is 4.83. The summed E-state index contributed by atoms with van der Waals surface area (Å²) in [4.78, 5) is 0. The van der Waals surface area contributed by atoms with Crippen LogP contribution in [0.4, 0.5) is 0 Å². The fraction of sp³-hybridized carbons (Fsp3) is 0.750. The van der Waals surface area contributed by atoms with Crippen LogP contribution < -0.4 is 0 Å². The number of rotatable bonds is 5. The molecule has 0 aromatic heterocycles. The van der Waals surface area contributed by atoms with Gasteiger partial charge in [0.1, 0.15) is 0 Å². The standard InChI is InChI=1S/C8H16N2S2/c1-7(2,5-9)11-12-8(3,4)6-10/h5-6,9-10H,1-4H3. The fourth-order valence-corrected chi connectivity index (χ4v) is 2.37. The lowest BCUT2D eigenvalue weighted by Gasteiger charge is -2.23. The van der Waals surface area contributed by atoms with E-state index in [1.54, 1.807) is 21.6 Å². The molecule has 4 heteroatoms. The Morgan fingerprint density at radius 2 is 1.08 bits per heavy atom. The molecule has 0 heterocycles. The van der Waals surface area contributed by atoms with E-state index in [9.17, 15) is 0 Å². The molecule has 0 spiro atoms. The van der Waals surface area contributed by atoms with Crippen LogP contribution in [0.15, 0.2) is 0 Å². The summed E-state index contributed by atoms with van der Waals surface area (Å²) in [5, 5.41) is 14.3.